The summed E-state index contributed by atoms with van der Waals surface area (Å²) in [5, 5.41) is 4.54. The average molecular weight is 472 g/mol. The number of para-hydroxylation sites is 1. The Labute approximate surface area is 194 Å². The number of thiophene rings is 1. The number of benzene rings is 1. The number of ether oxygens (including phenoxy) is 1. The highest BCUT2D eigenvalue weighted by atomic mass is 32.2. The molecule has 7 nitrogen and oxygen atoms in total. The number of carbonyl (C=O) groups is 2. The maximum absolute atomic E-state index is 12.9. The van der Waals surface area contributed by atoms with E-state index in [-0.39, 0.29) is 29.8 Å². The number of fused-ring (bicyclic) bond motifs is 2. The molecule has 9 heteroatoms. The first-order valence-corrected chi connectivity index (χ1v) is 12.6. The molecule has 1 aliphatic rings. The van der Waals surface area contributed by atoms with Gasteiger partial charge in [0.1, 0.15) is 5.00 Å². The van der Waals surface area contributed by atoms with E-state index in [0.717, 1.165) is 36.1 Å². The molecule has 0 unspecified atom stereocenters. The number of carbonyl (C=O) groups excluding carboxylic acids is 2. The molecule has 1 aromatic carbocycles. The monoisotopic (exact) mass is 471 g/mol. The van der Waals surface area contributed by atoms with Crippen LogP contribution in [0.5, 0.6) is 0 Å². The number of nitrogens with one attached hydrogen (secondary N) is 1. The fourth-order valence-electron chi connectivity index (χ4n) is 3.88. The lowest BCUT2D eigenvalue weighted by Gasteiger charge is -2.12. The highest BCUT2D eigenvalue weighted by Crippen LogP contribution is 2.39. The molecular formula is C23H25N3O4S2. The minimum atomic E-state index is -0.386. The predicted molar refractivity (Wildman–Crippen MR) is 128 cm³/mol. The van der Waals surface area contributed by atoms with Crippen LogP contribution in [0.1, 0.15) is 47.5 Å². The molecule has 1 N–H and O–H groups in total. The Kier molecular flexibility index (Phi) is 6.95. The maximum atomic E-state index is 12.9. The zero-order valence-corrected chi connectivity index (χ0v) is 19.7. The van der Waals surface area contributed by atoms with Crippen LogP contribution in [0.2, 0.25) is 0 Å². The van der Waals surface area contributed by atoms with Gasteiger partial charge in [0.15, 0.2) is 5.16 Å². The SMILES string of the molecule is CCCn1c(SCC(=O)Nc2sc3c(c2C(=O)OCC)CCC3)nc2ccccc2c1=O. The number of anilines is 1. The van der Waals surface area contributed by atoms with Crippen molar-refractivity contribution in [2.45, 2.75) is 51.2 Å². The third kappa shape index (κ3) is 4.45. The van der Waals surface area contributed by atoms with E-state index in [1.165, 1.54) is 23.1 Å². The molecule has 4 rings (SSSR count). The molecule has 0 bridgehead atoms. The molecule has 0 aliphatic heterocycles. The van der Waals surface area contributed by atoms with Gasteiger partial charge in [-0.2, -0.15) is 0 Å². The summed E-state index contributed by atoms with van der Waals surface area (Å²) in [7, 11) is 0. The Morgan fingerprint density at radius 2 is 2.06 bits per heavy atom. The smallest absolute Gasteiger partial charge is 0.341 e. The lowest BCUT2D eigenvalue weighted by Crippen LogP contribution is -2.24. The number of hydrogen-bond donors (Lipinski definition) is 1. The average Bonchev–Trinajstić information content (AvgIpc) is 3.35. The van der Waals surface area contributed by atoms with Gasteiger partial charge in [0.05, 0.1) is 28.8 Å². The lowest BCUT2D eigenvalue weighted by atomic mass is 10.1. The van der Waals surface area contributed by atoms with E-state index >= 15 is 0 Å². The Morgan fingerprint density at radius 3 is 2.84 bits per heavy atom. The van der Waals surface area contributed by atoms with Crippen molar-refractivity contribution in [3.05, 3.63) is 50.6 Å². The Morgan fingerprint density at radius 1 is 1.25 bits per heavy atom. The quantitative estimate of drug-likeness (QED) is 0.300. The molecule has 0 radical (unpaired) electrons. The molecular weight excluding hydrogens is 446 g/mol. The maximum Gasteiger partial charge on any atom is 0.341 e. The number of aromatic nitrogens is 2. The van der Waals surface area contributed by atoms with Gasteiger partial charge >= 0.3 is 5.97 Å². The largest absolute Gasteiger partial charge is 0.462 e. The van der Waals surface area contributed by atoms with Crippen LogP contribution in [-0.4, -0.2) is 33.8 Å². The van der Waals surface area contributed by atoms with Crippen LogP contribution < -0.4 is 10.9 Å². The van der Waals surface area contributed by atoms with E-state index in [1.54, 1.807) is 23.6 Å². The fourth-order valence-corrected chi connectivity index (χ4v) is 6.00. The van der Waals surface area contributed by atoms with Crippen LogP contribution in [0.15, 0.2) is 34.2 Å². The van der Waals surface area contributed by atoms with Crippen molar-refractivity contribution in [3.8, 4) is 0 Å². The zero-order valence-electron chi connectivity index (χ0n) is 18.1. The number of aryl methyl sites for hydroxylation is 1. The number of esters is 1. The summed E-state index contributed by atoms with van der Waals surface area (Å²) < 4.78 is 6.85. The van der Waals surface area contributed by atoms with E-state index in [0.29, 0.717) is 33.2 Å². The molecule has 168 valence electrons. The molecule has 3 aromatic rings. The molecule has 0 fully saturated rings. The van der Waals surface area contributed by atoms with Crippen LogP contribution in [0.25, 0.3) is 10.9 Å². The van der Waals surface area contributed by atoms with Gasteiger partial charge in [-0.1, -0.05) is 30.8 Å². The molecule has 2 aromatic heterocycles. The Bertz CT molecular complexity index is 1230. The minimum absolute atomic E-state index is 0.0827. The standard InChI is InChI=1S/C23H25N3O4S2/c1-3-12-26-21(28)14-8-5-6-10-16(14)24-23(26)31-13-18(27)25-20-19(22(29)30-4-2)15-9-7-11-17(15)32-20/h5-6,8,10H,3-4,7,9,11-13H2,1-2H3,(H,25,27). The van der Waals surface area contributed by atoms with Crippen LogP contribution in [0, 0.1) is 0 Å². The van der Waals surface area contributed by atoms with Gasteiger partial charge in [0.2, 0.25) is 5.91 Å². The van der Waals surface area contributed by atoms with Gasteiger partial charge in [0, 0.05) is 11.4 Å². The Balaban J connectivity index is 1.54. The van der Waals surface area contributed by atoms with Crippen molar-refractivity contribution >= 4 is 50.9 Å². The van der Waals surface area contributed by atoms with E-state index < -0.39 is 0 Å². The second kappa shape index (κ2) is 9.87. The number of nitrogens with zero attached hydrogens (tertiary/aromatic N) is 2. The first-order valence-electron chi connectivity index (χ1n) is 10.8. The van der Waals surface area contributed by atoms with E-state index in [2.05, 4.69) is 10.3 Å². The molecule has 0 spiro atoms. The van der Waals surface area contributed by atoms with Crippen LogP contribution >= 0.6 is 23.1 Å². The lowest BCUT2D eigenvalue weighted by molar-refractivity contribution is -0.113. The zero-order chi connectivity index (χ0) is 22.7. The third-order valence-electron chi connectivity index (χ3n) is 5.26. The molecule has 32 heavy (non-hydrogen) atoms. The molecule has 0 atom stereocenters. The van der Waals surface area contributed by atoms with E-state index in [4.69, 9.17) is 4.74 Å². The van der Waals surface area contributed by atoms with Crippen molar-refractivity contribution in [2.75, 3.05) is 17.7 Å². The van der Waals surface area contributed by atoms with Crippen LogP contribution in [0.4, 0.5) is 5.00 Å². The topological polar surface area (TPSA) is 90.3 Å². The second-order valence-corrected chi connectivity index (χ2v) is 9.53. The van der Waals surface area contributed by atoms with Crippen molar-refractivity contribution in [1.82, 2.24) is 9.55 Å². The van der Waals surface area contributed by atoms with Gasteiger partial charge in [-0.15, -0.1) is 11.3 Å². The van der Waals surface area contributed by atoms with Crippen molar-refractivity contribution in [2.24, 2.45) is 0 Å². The number of amides is 1. The number of thioether (sulfide) groups is 1. The fraction of sp³-hybridized carbons (Fsp3) is 0.391. The first kappa shape index (κ1) is 22.5. The molecule has 0 saturated heterocycles. The van der Waals surface area contributed by atoms with Gasteiger partial charge < -0.3 is 10.1 Å². The summed E-state index contributed by atoms with van der Waals surface area (Å²) >= 11 is 2.68. The summed E-state index contributed by atoms with van der Waals surface area (Å²) in [6.07, 6.45) is 3.54. The predicted octanol–water partition coefficient (Wildman–Crippen LogP) is 4.26. The molecule has 1 aliphatic carbocycles. The summed E-state index contributed by atoms with van der Waals surface area (Å²) in [4.78, 5) is 43.9. The van der Waals surface area contributed by atoms with Crippen LogP contribution in [-0.2, 0) is 28.9 Å². The van der Waals surface area contributed by atoms with E-state index in [1.807, 2.05) is 19.1 Å². The van der Waals surface area contributed by atoms with E-state index in [9.17, 15) is 14.4 Å². The van der Waals surface area contributed by atoms with Gasteiger partial charge in [0.25, 0.3) is 5.56 Å². The highest BCUT2D eigenvalue weighted by molar-refractivity contribution is 7.99. The minimum Gasteiger partial charge on any atom is -0.462 e. The van der Waals surface area contributed by atoms with Crippen LogP contribution in [0.3, 0.4) is 0 Å². The molecule has 2 heterocycles. The molecule has 0 saturated carbocycles. The summed E-state index contributed by atoms with van der Waals surface area (Å²) in [6.45, 7) is 4.59. The second-order valence-electron chi connectivity index (χ2n) is 7.49. The Hall–Kier alpha value is -2.65. The van der Waals surface area contributed by atoms with Gasteiger partial charge in [-0.05, 0) is 50.3 Å². The van der Waals surface area contributed by atoms with Gasteiger partial charge in [-0.3, -0.25) is 14.2 Å². The van der Waals surface area contributed by atoms with Crippen molar-refractivity contribution in [3.63, 3.8) is 0 Å². The van der Waals surface area contributed by atoms with Crippen molar-refractivity contribution in [1.29, 1.82) is 0 Å². The molecule has 1 amide bonds. The number of rotatable bonds is 8. The van der Waals surface area contributed by atoms with Gasteiger partial charge in [-0.25, -0.2) is 9.78 Å². The summed E-state index contributed by atoms with van der Waals surface area (Å²) in [5.74, 6) is -0.548. The number of hydrogen-bond acceptors (Lipinski definition) is 7. The summed E-state index contributed by atoms with van der Waals surface area (Å²) in [6, 6.07) is 7.23. The third-order valence-corrected chi connectivity index (χ3v) is 7.44. The normalized spacial score (nSPS) is 12.7. The summed E-state index contributed by atoms with van der Waals surface area (Å²) in [5.41, 5.74) is 2.02. The van der Waals surface area contributed by atoms with Crippen molar-refractivity contribution < 1.29 is 14.3 Å². The first-order chi connectivity index (χ1) is 15.5. The highest BCUT2D eigenvalue weighted by Gasteiger charge is 2.28.